The molecule has 1 aliphatic heterocycles. The summed E-state index contributed by atoms with van der Waals surface area (Å²) < 4.78 is 15.4. The zero-order valence-corrected chi connectivity index (χ0v) is 15.0. The van der Waals surface area contributed by atoms with Crippen molar-refractivity contribution in [1.29, 1.82) is 0 Å². The molecule has 0 spiro atoms. The summed E-state index contributed by atoms with van der Waals surface area (Å²) in [5.41, 5.74) is 1.02. The highest BCUT2D eigenvalue weighted by atomic mass is 16.5. The van der Waals surface area contributed by atoms with Crippen molar-refractivity contribution in [3.05, 3.63) is 29.8 Å². The van der Waals surface area contributed by atoms with Gasteiger partial charge in [0.15, 0.2) is 0 Å². The third-order valence-corrected chi connectivity index (χ3v) is 4.06. The number of benzene rings is 1. The minimum absolute atomic E-state index is 0.00239. The van der Waals surface area contributed by atoms with Crippen LogP contribution in [0.4, 0.5) is 5.95 Å². The number of rotatable bonds is 6. The van der Waals surface area contributed by atoms with E-state index in [1.807, 2.05) is 24.3 Å². The van der Waals surface area contributed by atoms with Gasteiger partial charge in [-0.25, -0.2) is 0 Å². The second-order valence-electron chi connectivity index (χ2n) is 5.70. The lowest BCUT2D eigenvalue weighted by Crippen LogP contribution is -2.50. The fraction of sp³-hybridized carbons (Fsp3) is 0.412. The van der Waals surface area contributed by atoms with Crippen LogP contribution in [0.15, 0.2) is 24.3 Å². The summed E-state index contributed by atoms with van der Waals surface area (Å²) in [5.74, 6) is 1.14. The maximum atomic E-state index is 12.6. The molecule has 3 rings (SSSR count). The number of amides is 1. The Labute approximate surface area is 151 Å². The van der Waals surface area contributed by atoms with Crippen molar-refractivity contribution in [3.8, 4) is 17.8 Å². The Kier molecular flexibility index (Phi) is 5.35. The normalized spacial score (nSPS) is 14.3. The first kappa shape index (κ1) is 17.7. The van der Waals surface area contributed by atoms with Crippen molar-refractivity contribution in [3.63, 3.8) is 0 Å². The van der Waals surface area contributed by atoms with Crippen molar-refractivity contribution in [2.24, 2.45) is 0 Å². The Morgan fingerprint density at radius 3 is 2.35 bits per heavy atom. The lowest BCUT2D eigenvalue weighted by atomic mass is 10.2. The first-order valence-electron chi connectivity index (χ1n) is 8.12. The standard InChI is InChI=1S/C17H21N5O4/c1-24-13-6-4-5-12(9-13)10-21-7-8-22(11-14(21)23)15-18-16(25-2)20-17(19-15)26-3/h4-6,9H,7-8,10-11H2,1-3H3. The molecule has 0 unspecified atom stereocenters. The SMILES string of the molecule is COc1cccc(CN2CCN(c3nc(OC)nc(OC)n3)CC2=O)c1. The van der Waals surface area contributed by atoms with Crippen molar-refractivity contribution in [1.82, 2.24) is 19.9 Å². The van der Waals surface area contributed by atoms with Gasteiger partial charge in [-0.05, 0) is 17.7 Å². The second kappa shape index (κ2) is 7.85. The van der Waals surface area contributed by atoms with E-state index in [9.17, 15) is 4.79 Å². The summed E-state index contributed by atoms with van der Waals surface area (Å²) in [6, 6.07) is 8.00. The van der Waals surface area contributed by atoms with Gasteiger partial charge in [-0.1, -0.05) is 12.1 Å². The molecule has 0 radical (unpaired) electrons. The average Bonchev–Trinajstić information content (AvgIpc) is 2.69. The summed E-state index contributed by atoms with van der Waals surface area (Å²) in [6.07, 6.45) is 0. The minimum atomic E-state index is -0.00239. The molecule has 1 aromatic heterocycles. The van der Waals surface area contributed by atoms with Gasteiger partial charge in [-0.2, -0.15) is 9.97 Å². The monoisotopic (exact) mass is 359 g/mol. The highest BCUT2D eigenvalue weighted by Crippen LogP contribution is 2.20. The zero-order chi connectivity index (χ0) is 18.5. The van der Waals surface area contributed by atoms with Gasteiger partial charge < -0.3 is 24.0 Å². The molecule has 0 saturated carbocycles. The van der Waals surface area contributed by atoms with Gasteiger partial charge in [0.1, 0.15) is 12.3 Å². The van der Waals surface area contributed by atoms with E-state index >= 15 is 0 Å². The van der Waals surface area contributed by atoms with Gasteiger partial charge in [0, 0.05) is 19.6 Å². The smallest absolute Gasteiger partial charge is 0.324 e. The molecule has 1 saturated heterocycles. The molecule has 0 N–H and O–H groups in total. The Morgan fingerprint density at radius 1 is 1.00 bits per heavy atom. The predicted molar refractivity (Wildman–Crippen MR) is 93.6 cm³/mol. The molecule has 9 heteroatoms. The van der Waals surface area contributed by atoms with E-state index < -0.39 is 0 Å². The predicted octanol–water partition coefficient (Wildman–Crippen LogP) is 0.746. The van der Waals surface area contributed by atoms with Gasteiger partial charge >= 0.3 is 12.0 Å². The van der Waals surface area contributed by atoms with Crippen LogP contribution in [0, 0.1) is 0 Å². The van der Waals surface area contributed by atoms with Crippen molar-refractivity contribution < 1.29 is 19.0 Å². The fourth-order valence-corrected chi connectivity index (χ4v) is 2.69. The van der Waals surface area contributed by atoms with Crippen LogP contribution in [0.3, 0.4) is 0 Å². The molecule has 1 aromatic carbocycles. The molecule has 0 aliphatic carbocycles. The van der Waals surface area contributed by atoms with E-state index in [0.29, 0.717) is 25.6 Å². The average molecular weight is 359 g/mol. The summed E-state index contributed by atoms with van der Waals surface area (Å²) in [4.78, 5) is 28.5. The van der Waals surface area contributed by atoms with Crippen LogP contribution in [-0.2, 0) is 11.3 Å². The number of ether oxygens (including phenoxy) is 3. The van der Waals surface area contributed by atoms with Crippen LogP contribution in [-0.4, -0.2) is 66.7 Å². The number of piperazine rings is 1. The quantitative estimate of drug-likeness (QED) is 0.746. The molecule has 9 nitrogen and oxygen atoms in total. The molecule has 1 fully saturated rings. The maximum absolute atomic E-state index is 12.6. The minimum Gasteiger partial charge on any atom is -0.497 e. The highest BCUT2D eigenvalue weighted by molar-refractivity contribution is 5.82. The van der Waals surface area contributed by atoms with E-state index in [1.165, 1.54) is 14.2 Å². The first-order chi connectivity index (χ1) is 12.6. The number of hydrogen-bond donors (Lipinski definition) is 0. The van der Waals surface area contributed by atoms with Gasteiger partial charge in [0.05, 0.1) is 21.3 Å². The number of anilines is 1. The molecular weight excluding hydrogens is 338 g/mol. The molecule has 2 heterocycles. The zero-order valence-electron chi connectivity index (χ0n) is 15.0. The van der Waals surface area contributed by atoms with E-state index in [4.69, 9.17) is 14.2 Å². The molecule has 0 bridgehead atoms. The van der Waals surface area contributed by atoms with E-state index in [0.717, 1.165) is 11.3 Å². The van der Waals surface area contributed by atoms with Gasteiger partial charge in [-0.15, -0.1) is 4.98 Å². The summed E-state index contributed by atoms with van der Waals surface area (Å²) in [7, 11) is 4.56. The van der Waals surface area contributed by atoms with Crippen LogP contribution in [0.1, 0.15) is 5.56 Å². The number of carbonyl (C=O) groups is 1. The van der Waals surface area contributed by atoms with Crippen LogP contribution < -0.4 is 19.1 Å². The van der Waals surface area contributed by atoms with Gasteiger partial charge in [0.2, 0.25) is 11.9 Å². The molecule has 138 valence electrons. The highest BCUT2D eigenvalue weighted by Gasteiger charge is 2.26. The van der Waals surface area contributed by atoms with E-state index in [2.05, 4.69) is 15.0 Å². The Morgan fingerprint density at radius 2 is 1.73 bits per heavy atom. The molecule has 2 aromatic rings. The van der Waals surface area contributed by atoms with E-state index in [-0.39, 0.29) is 24.5 Å². The molecular formula is C17H21N5O4. The van der Waals surface area contributed by atoms with Crippen LogP contribution in [0.2, 0.25) is 0 Å². The van der Waals surface area contributed by atoms with Crippen LogP contribution in [0.25, 0.3) is 0 Å². The number of hydrogen-bond acceptors (Lipinski definition) is 8. The topological polar surface area (TPSA) is 89.9 Å². The molecule has 0 atom stereocenters. The number of aromatic nitrogens is 3. The number of methoxy groups -OCH3 is 3. The lowest BCUT2D eigenvalue weighted by molar-refractivity contribution is -0.131. The van der Waals surface area contributed by atoms with Crippen LogP contribution >= 0.6 is 0 Å². The third-order valence-electron chi connectivity index (χ3n) is 4.06. The molecule has 1 aliphatic rings. The largest absolute Gasteiger partial charge is 0.497 e. The van der Waals surface area contributed by atoms with Crippen molar-refractivity contribution >= 4 is 11.9 Å². The number of carbonyl (C=O) groups excluding carboxylic acids is 1. The third kappa shape index (κ3) is 3.93. The second-order valence-corrected chi connectivity index (χ2v) is 5.70. The maximum Gasteiger partial charge on any atom is 0.324 e. The van der Waals surface area contributed by atoms with Crippen LogP contribution in [0.5, 0.6) is 17.8 Å². The Hall–Kier alpha value is -3.10. The lowest BCUT2D eigenvalue weighted by Gasteiger charge is -2.34. The Balaban J connectivity index is 1.69. The molecule has 26 heavy (non-hydrogen) atoms. The summed E-state index contributed by atoms with van der Waals surface area (Å²) in [6.45, 7) is 1.88. The van der Waals surface area contributed by atoms with Gasteiger partial charge in [0.25, 0.3) is 0 Å². The number of nitrogens with zero attached hydrogens (tertiary/aromatic N) is 5. The first-order valence-corrected chi connectivity index (χ1v) is 8.12. The van der Waals surface area contributed by atoms with Crippen molar-refractivity contribution in [2.45, 2.75) is 6.54 Å². The van der Waals surface area contributed by atoms with E-state index in [1.54, 1.807) is 16.9 Å². The van der Waals surface area contributed by atoms with Crippen molar-refractivity contribution in [2.75, 3.05) is 45.9 Å². The summed E-state index contributed by atoms with van der Waals surface area (Å²) >= 11 is 0. The summed E-state index contributed by atoms with van der Waals surface area (Å²) in [5, 5.41) is 0. The Bertz CT molecular complexity index is 763. The van der Waals surface area contributed by atoms with Gasteiger partial charge in [-0.3, -0.25) is 4.79 Å². The fourth-order valence-electron chi connectivity index (χ4n) is 2.69. The molecule has 1 amide bonds.